The molecule has 0 aromatic rings. The van der Waals surface area contributed by atoms with Crippen LogP contribution in [0.25, 0.3) is 0 Å². The molecule has 0 radical (unpaired) electrons. The van der Waals surface area contributed by atoms with Gasteiger partial charge in [0.25, 0.3) is 0 Å². The normalized spacial score (nSPS) is 27.0. The highest BCUT2D eigenvalue weighted by atomic mass is 16.6. The Kier molecular flexibility index (Phi) is 4.70. The Hall–Kier alpha value is -0.200. The molecule has 5 nitrogen and oxygen atoms in total. The molecular formula is C11H25N3O2. The van der Waals surface area contributed by atoms with Crippen LogP contribution in [0.15, 0.2) is 0 Å². The monoisotopic (exact) mass is 231 g/mol. The predicted octanol–water partition coefficient (Wildman–Crippen LogP) is -0.348. The maximum atomic E-state index is 9.95. The number of aliphatic hydroxyl groups excluding tert-OH is 1. The van der Waals surface area contributed by atoms with Crippen molar-refractivity contribution >= 4 is 0 Å². The zero-order valence-corrected chi connectivity index (χ0v) is 10.8. The van der Waals surface area contributed by atoms with E-state index in [1.54, 1.807) is 0 Å². The maximum absolute atomic E-state index is 9.95. The summed E-state index contributed by atoms with van der Waals surface area (Å²) >= 11 is 0. The molecule has 0 bridgehead atoms. The lowest BCUT2D eigenvalue weighted by Gasteiger charge is -2.41. The number of ether oxygens (including phenoxy) is 1. The molecule has 1 rings (SSSR count). The summed E-state index contributed by atoms with van der Waals surface area (Å²) in [6.45, 7) is 8.89. The molecule has 1 aliphatic heterocycles. The van der Waals surface area contributed by atoms with Gasteiger partial charge in [-0.05, 0) is 27.8 Å². The number of nitrogens with two attached hydrogens (primary N) is 1. The molecule has 0 aromatic heterocycles. The van der Waals surface area contributed by atoms with Gasteiger partial charge in [0.05, 0.1) is 5.60 Å². The second kappa shape index (κ2) is 5.42. The number of hydrogen-bond donors (Lipinski definition) is 2. The first-order chi connectivity index (χ1) is 7.33. The van der Waals surface area contributed by atoms with Crippen molar-refractivity contribution in [3.8, 4) is 0 Å². The van der Waals surface area contributed by atoms with E-state index >= 15 is 0 Å². The van der Waals surface area contributed by atoms with Crippen LogP contribution in [0.2, 0.25) is 0 Å². The van der Waals surface area contributed by atoms with Crippen molar-refractivity contribution in [2.24, 2.45) is 5.73 Å². The van der Waals surface area contributed by atoms with Gasteiger partial charge in [0, 0.05) is 32.2 Å². The molecule has 96 valence electrons. The molecule has 2 atom stereocenters. The van der Waals surface area contributed by atoms with E-state index in [9.17, 15) is 5.11 Å². The van der Waals surface area contributed by atoms with Crippen LogP contribution in [-0.4, -0.2) is 66.2 Å². The van der Waals surface area contributed by atoms with Crippen molar-refractivity contribution in [2.75, 3.05) is 33.2 Å². The Morgan fingerprint density at radius 2 is 2.06 bits per heavy atom. The van der Waals surface area contributed by atoms with E-state index in [-0.39, 0.29) is 5.60 Å². The lowest BCUT2D eigenvalue weighted by Crippen LogP contribution is -2.58. The summed E-state index contributed by atoms with van der Waals surface area (Å²) in [5.41, 5.74) is 5.36. The van der Waals surface area contributed by atoms with Gasteiger partial charge in [-0.15, -0.1) is 0 Å². The van der Waals surface area contributed by atoms with Crippen LogP contribution in [-0.2, 0) is 4.74 Å². The third-order valence-corrected chi connectivity index (χ3v) is 2.85. The maximum Gasteiger partial charge on any atom is 0.216 e. The van der Waals surface area contributed by atoms with Crippen LogP contribution < -0.4 is 5.73 Å². The summed E-state index contributed by atoms with van der Waals surface area (Å²) < 4.78 is 5.53. The van der Waals surface area contributed by atoms with E-state index in [1.165, 1.54) is 0 Å². The average Bonchev–Trinajstić information content (AvgIpc) is 2.15. The second-order valence-corrected chi connectivity index (χ2v) is 5.42. The van der Waals surface area contributed by atoms with Crippen molar-refractivity contribution in [1.82, 2.24) is 9.80 Å². The van der Waals surface area contributed by atoms with Crippen LogP contribution >= 0.6 is 0 Å². The summed E-state index contributed by atoms with van der Waals surface area (Å²) in [7, 11) is 2.06. The highest BCUT2D eigenvalue weighted by Crippen LogP contribution is 2.15. The SMILES string of the molecule is CN1CCN(C(O)OC(C)(C)C)CC1CN. The number of aliphatic hydroxyl groups is 1. The largest absolute Gasteiger partial charge is 0.356 e. The molecular weight excluding hydrogens is 206 g/mol. The average molecular weight is 231 g/mol. The first-order valence-electron chi connectivity index (χ1n) is 5.84. The molecule has 0 amide bonds. The Morgan fingerprint density at radius 1 is 1.44 bits per heavy atom. The molecule has 1 fully saturated rings. The van der Waals surface area contributed by atoms with Crippen LogP contribution in [0, 0.1) is 0 Å². The summed E-state index contributed by atoms with van der Waals surface area (Å²) in [5.74, 6) is 0. The summed E-state index contributed by atoms with van der Waals surface area (Å²) in [6, 6.07) is 0.298. The predicted molar refractivity (Wildman–Crippen MR) is 63.9 cm³/mol. The minimum atomic E-state index is -0.831. The van der Waals surface area contributed by atoms with Gasteiger partial charge < -0.3 is 15.6 Å². The highest BCUT2D eigenvalue weighted by molar-refractivity contribution is 4.80. The molecule has 0 aromatic carbocycles. The Balaban J connectivity index is 2.48. The van der Waals surface area contributed by atoms with E-state index in [4.69, 9.17) is 10.5 Å². The van der Waals surface area contributed by atoms with Crippen molar-refractivity contribution in [3.05, 3.63) is 0 Å². The van der Waals surface area contributed by atoms with Crippen molar-refractivity contribution in [2.45, 2.75) is 38.8 Å². The molecule has 2 unspecified atom stereocenters. The summed E-state index contributed by atoms with van der Waals surface area (Å²) in [6.07, 6.45) is -0.831. The van der Waals surface area contributed by atoms with Crippen molar-refractivity contribution < 1.29 is 9.84 Å². The topological polar surface area (TPSA) is 62.0 Å². The second-order valence-electron chi connectivity index (χ2n) is 5.42. The van der Waals surface area contributed by atoms with Gasteiger partial charge in [-0.3, -0.25) is 9.80 Å². The third-order valence-electron chi connectivity index (χ3n) is 2.85. The van der Waals surface area contributed by atoms with Gasteiger partial charge in [0.1, 0.15) is 0 Å². The number of nitrogens with zero attached hydrogens (tertiary/aromatic N) is 2. The Bertz CT molecular complexity index is 218. The van der Waals surface area contributed by atoms with Crippen LogP contribution in [0.3, 0.4) is 0 Å². The molecule has 0 spiro atoms. The molecule has 5 heteroatoms. The Morgan fingerprint density at radius 3 is 2.56 bits per heavy atom. The van der Waals surface area contributed by atoms with Gasteiger partial charge in [-0.1, -0.05) is 0 Å². The minimum Gasteiger partial charge on any atom is -0.356 e. The van der Waals surface area contributed by atoms with Crippen LogP contribution in [0.1, 0.15) is 20.8 Å². The molecule has 1 saturated heterocycles. The lowest BCUT2D eigenvalue weighted by molar-refractivity contribution is -0.246. The first-order valence-corrected chi connectivity index (χ1v) is 5.84. The van der Waals surface area contributed by atoms with Gasteiger partial charge in [0.2, 0.25) is 6.41 Å². The molecule has 0 aliphatic carbocycles. The zero-order valence-electron chi connectivity index (χ0n) is 10.8. The minimum absolute atomic E-state index is 0.298. The fourth-order valence-corrected chi connectivity index (χ4v) is 1.82. The van der Waals surface area contributed by atoms with Crippen LogP contribution in [0.4, 0.5) is 0 Å². The molecule has 1 aliphatic rings. The van der Waals surface area contributed by atoms with Crippen molar-refractivity contribution in [3.63, 3.8) is 0 Å². The van der Waals surface area contributed by atoms with Gasteiger partial charge in [-0.2, -0.15) is 0 Å². The quantitative estimate of drug-likeness (QED) is 0.650. The molecule has 16 heavy (non-hydrogen) atoms. The van der Waals surface area contributed by atoms with Gasteiger partial charge in [0.15, 0.2) is 0 Å². The number of piperazine rings is 1. The third kappa shape index (κ3) is 3.99. The summed E-state index contributed by atoms with van der Waals surface area (Å²) in [5, 5.41) is 9.95. The number of hydrogen-bond acceptors (Lipinski definition) is 5. The highest BCUT2D eigenvalue weighted by Gasteiger charge is 2.29. The van der Waals surface area contributed by atoms with E-state index in [0.717, 1.165) is 19.6 Å². The standard InChI is InChI=1S/C11H25N3O2/c1-11(2,3)16-10(15)14-6-5-13(4)9(7-12)8-14/h9-10,15H,5-8,12H2,1-4H3. The van der Waals surface area contributed by atoms with E-state index in [1.807, 2.05) is 25.7 Å². The number of rotatable bonds is 3. The molecule has 0 saturated carbocycles. The van der Waals surface area contributed by atoms with Crippen molar-refractivity contribution in [1.29, 1.82) is 0 Å². The zero-order chi connectivity index (χ0) is 12.3. The smallest absolute Gasteiger partial charge is 0.216 e. The number of likely N-dealkylation sites (N-methyl/N-ethyl adjacent to an activating group) is 1. The van der Waals surface area contributed by atoms with Gasteiger partial charge in [-0.25, -0.2) is 0 Å². The van der Waals surface area contributed by atoms with Gasteiger partial charge >= 0.3 is 0 Å². The van der Waals surface area contributed by atoms with E-state index < -0.39 is 6.41 Å². The van der Waals surface area contributed by atoms with E-state index in [0.29, 0.717) is 12.6 Å². The molecule has 3 N–H and O–H groups in total. The first kappa shape index (κ1) is 13.9. The fourth-order valence-electron chi connectivity index (χ4n) is 1.82. The molecule has 1 heterocycles. The summed E-state index contributed by atoms with van der Waals surface area (Å²) in [4.78, 5) is 4.16. The Labute approximate surface area is 98.2 Å². The van der Waals surface area contributed by atoms with Crippen LogP contribution in [0.5, 0.6) is 0 Å². The van der Waals surface area contributed by atoms with E-state index in [2.05, 4.69) is 11.9 Å². The lowest BCUT2D eigenvalue weighted by atomic mass is 10.2. The fraction of sp³-hybridized carbons (Fsp3) is 1.00.